The smallest absolute Gasteiger partial charge is 0.275 e. The van der Waals surface area contributed by atoms with Gasteiger partial charge in [-0.05, 0) is 50.8 Å². The van der Waals surface area contributed by atoms with Crippen LogP contribution in [0.5, 0.6) is 0 Å². The van der Waals surface area contributed by atoms with Crippen LogP contribution in [0.2, 0.25) is 0 Å². The lowest BCUT2D eigenvalue weighted by atomic mass is 9.80. The largest absolute Gasteiger partial charge is 0.507 e. The summed E-state index contributed by atoms with van der Waals surface area (Å²) in [5, 5.41) is 24.4. The lowest BCUT2D eigenvalue weighted by Crippen LogP contribution is -2.70. The van der Waals surface area contributed by atoms with Crippen molar-refractivity contribution in [2.24, 2.45) is 5.92 Å². The van der Waals surface area contributed by atoms with E-state index in [1.807, 2.05) is 4.90 Å². The van der Waals surface area contributed by atoms with Crippen molar-refractivity contribution in [2.45, 2.75) is 63.4 Å². The maximum absolute atomic E-state index is 14.1. The maximum Gasteiger partial charge on any atom is 0.275 e. The molecule has 0 aromatic heterocycles. The number of benzene rings is 1. The van der Waals surface area contributed by atoms with Gasteiger partial charge in [0.25, 0.3) is 11.8 Å². The van der Waals surface area contributed by atoms with Gasteiger partial charge in [0.2, 0.25) is 0 Å². The Kier molecular flexibility index (Phi) is 7.54. The fourth-order valence-electron chi connectivity index (χ4n) is 7.12. The van der Waals surface area contributed by atoms with Crippen molar-refractivity contribution in [1.29, 1.82) is 0 Å². The number of hydrogen-bond donors (Lipinski definition) is 3. The molecule has 5 aliphatic rings. The molecule has 0 bridgehead atoms. The summed E-state index contributed by atoms with van der Waals surface area (Å²) in [6, 6.07) is 3.16. The van der Waals surface area contributed by atoms with Crippen molar-refractivity contribution in [3.05, 3.63) is 58.6 Å². The Morgan fingerprint density at radius 3 is 2.60 bits per heavy atom. The Bertz CT molecular complexity index is 1230. The highest BCUT2D eigenvalue weighted by Gasteiger charge is 2.51. The number of amides is 2. The summed E-state index contributed by atoms with van der Waals surface area (Å²) in [7, 11) is 0. The van der Waals surface area contributed by atoms with Gasteiger partial charge in [0.1, 0.15) is 29.6 Å². The van der Waals surface area contributed by atoms with Gasteiger partial charge in [-0.3, -0.25) is 14.5 Å². The molecule has 0 radical (unpaired) electrons. The van der Waals surface area contributed by atoms with Crippen molar-refractivity contribution >= 4 is 11.8 Å². The molecule has 3 saturated heterocycles. The first-order valence-electron chi connectivity index (χ1n) is 14.4. The third kappa shape index (κ3) is 4.99. The van der Waals surface area contributed by atoms with Crippen LogP contribution in [0, 0.1) is 17.6 Å². The monoisotopic (exact) mass is 557 g/mol. The van der Waals surface area contributed by atoms with Gasteiger partial charge in [0.05, 0.1) is 12.1 Å². The molecule has 1 unspecified atom stereocenters. The van der Waals surface area contributed by atoms with Crippen LogP contribution < -0.4 is 5.32 Å². The van der Waals surface area contributed by atoms with E-state index in [9.17, 15) is 28.6 Å². The average Bonchev–Trinajstić information content (AvgIpc) is 3.46. The van der Waals surface area contributed by atoms with Gasteiger partial charge >= 0.3 is 0 Å². The first-order chi connectivity index (χ1) is 19.3. The molecule has 1 saturated carbocycles. The van der Waals surface area contributed by atoms with Gasteiger partial charge in [0.15, 0.2) is 5.76 Å². The fourth-order valence-corrected chi connectivity index (χ4v) is 7.12. The molecule has 6 rings (SSSR count). The number of rotatable bonds is 6. The van der Waals surface area contributed by atoms with Gasteiger partial charge in [-0.15, -0.1) is 0 Å². The van der Waals surface area contributed by atoms with Crippen LogP contribution in [-0.4, -0.2) is 99.2 Å². The summed E-state index contributed by atoms with van der Waals surface area (Å²) in [6.45, 7) is 5.02. The molecule has 11 heteroatoms. The molecule has 2 amide bonds. The van der Waals surface area contributed by atoms with E-state index in [0.29, 0.717) is 12.5 Å². The minimum absolute atomic E-state index is 0.00981. The third-order valence-electron chi connectivity index (χ3n) is 9.23. The number of likely N-dealkylation sites (tertiary alicyclic amines) is 1. The molecule has 1 aromatic carbocycles. The topological polar surface area (TPSA) is 99.6 Å². The summed E-state index contributed by atoms with van der Waals surface area (Å²) in [4.78, 5) is 35.4. The number of carbonyl (C=O) groups is 2. The highest BCUT2D eigenvalue weighted by Crippen LogP contribution is 2.40. The lowest BCUT2D eigenvalue weighted by molar-refractivity contribution is -0.159. The number of nitrogens with zero attached hydrogens (tertiary/aromatic N) is 4. The van der Waals surface area contributed by atoms with Crippen LogP contribution in [0.25, 0.3) is 0 Å². The molecule has 4 fully saturated rings. The third-order valence-corrected chi connectivity index (χ3v) is 9.23. The van der Waals surface area contributed by atoms with Crippen molar-refractivity contribution in [3.63, 3.8) is 0 Å². The number of halogens is 2. The van der Waals surface area contributed by atoms with Crippen LogP contribution >= 0.6 is 0 Å². The van der Waals surface area contributed by atoms with Crippen LogP contribution in [0.15, 0.2) is 41.4 Å². The standard InChI is InChI=1S/C29H37F2N5O4/c30-20-8-7-18(22(31)13-20)14-32-28(39)21-16-35-17-24-34(12-11-33-9-3-4-10-33)15-19-5-1-2-6-23(19)36(24)29(40)25(35)27(38)26(21)37/h7-8,13,16,19,23-24,26,37-38H,1-6,9-12,14-15,17H2,(H,32,39)/t19-,23-,24-,26?/m0/s1. The molecular formula is C29H37F2N5O4. The predicted molar refractivity (Wildman–Crippen MR) is 142 cm³/mol. The van der Waals surface area contributed by atoms with Gasteiger partial charge < -0.3 is 30.2 Å². The Labute approximate surface area is 232 Å². The number of piperazine rings is 1. The normalized spacial score (nSPS) is 29.2. The van der Waals surface area contributed by atoms with Crippen molar-refractivity contribution < 1.29 is 28.6 Å². The van der Waals surface area contributed by atoms with E-state index in [-0.39, 0.29) is 41.5 Å². The van der Waals surface area contributed by atoms with Gasteiger partial charge in [-0.1, -0.05) is 18.9 Å². The van der Waals surface area contributed by atoms with E-state index < -0.39 is 29.4 Å². The van der Waals surface area contributed by atoms with Crippen LogP contribution in [0.1, 0.15) is 44.1 Å². The Balaban J connectivity index is 1.23. The Hall–Kier alpha value is -3.02. The second-order valence-corrected chi connectivity index (χ2v) is 11.6. The minimum atomic E-state index is -1.69. The van der Waals surface area contributed by atoms with E-state index >= 15 is 0 Å². The summed E-state index contributed by atoms with van der Waals surface area (Å²) in [5.74, 6) is -2.72. The van der Waals surface area contributed by atoms with Gasteiger partial charge in [0, 0.05) is 50.1 Å². The van der Waals surface area contributed by atoms with E-state index in [0.717, 1.165) is 70.5 Å². The van der Waals surface area contributed by atoms with Gasteiger partial charge in [-0.25, -0.2) is 8.78 Å². The molecule has 216 valence electrons. The summed E-state index contributed by atoms with van der Waals surface area (Å²) in [5.41, 5.74) is -0.0432. The molecule has 3 N–H and O–H groups in total. The van der Waals surface area contributed by atoms with Crippen molar-refractivity contribution in [1.82, 2.24) is 24.9 Å². The molecule has 4 aliphatic heterocycles. The molecule has 9 nitrogen and oxygen atoms in total. The second kappa shape index (κ2) is 11.1. The zero-order valence-electron chi connectivity index (χ0n) is 22.6. The molecule has 0 spiro atoms. The van der Waals surface area contributed by atoms with Crippen molar-refractivity contribution in [3.8, 4) is 0 Å². The molecule has 4 heterocycles. The fraction of sp³-hybridized carbons (Fsp3) is 0.586. The lowest BCUT2D eigenvalue weighted by Gasteiger charge is -2.57. The summed E-state index contributed by atoms with van der Waals surface area (Å²) in [6.07, 6.45) is 6.15. The first kappa shape index (κ1) is 27.2. The predicted octanol–water partition coefficient (Wildman–Crippen LogP) is 2.05. The van der Waals surface area contributed by atoms with E-state index in [4.69, 9.17) is 0 Å². The SMILES string of the molecule is O=C(NCc1ccc(F)cc1F)C1=CN2C[C@H]3N(CCN4CCCC4)C[C@@H]4CCCC[C@@H]4N3C(=O)C2=C(O)C1O. The number of fused-ring (bicyclic) bond motifs is 4. The number of carbonyl (C=O) groups excluding carboxylic acids is 2. The highest BCUT2D eigenvalue weighted by molar-refractivity contribution is 5.99. The highest BCUT2D eigenvalue weighted by atomic mass is 19.1. The molecular weight excluding hydrogens is 520 g/mol. The Morgan fingerprint density at radius 1 is 1.05 bits per heavy atom. The number of aliphatic hydroxyl groups is 2. The summed E-state index contributed by atoms with van der Waals surface area (Å²) >= 11 is 0. The van der Waals surface area contributed by atoms with Crippen LogP contribution in [-0.2, 0) is 16.1 Å². The zero-order valence-corrected chi connectivity index (χ0v) is 22.6. The molecule has 1 aromatic rings. The van der Waals surface area contributed by atoms with Crippen molar-refractivity contribution in [2.75, 3.05) is 39.3 Å². The molecule has 4 atom stereocenters. The quantitative estimate of drug-likeness (QED) is 0.493. The zero-order chi connectivity index (χ0) is 28.0. The number of nitrogens with one attached hydrogen (secondary N) is 1. The van der Waals surface area contributed by atoms with E-state index in [1.165, 1.54) is 25.1 Å². The molecule has 1 aliphatic carbocycles. The van der Waals surface area contributed by atoms with Crippen LogP contribution in [0.3, 0.4) is 0 Å². The van der Waals surface area contributed by atoms with Gasteiger partial charge in [-0.2, -0.15) is 0 Å². The first-order valence-corrected chi connectivity index (χ1v) is 14.4. The van der Waals surface area contributed by atoms with E-state index in [2.05, 4.69) is 15.1 Å². The van der Waals surface area contributed by atoms with Crippen LogP contribution in [0.4, 0.5) is 8.78 Å². The van der Waals surface area contributed by atoms with E-state index in [1.54, 1.807) is 4.90 Å². The number of hydrogen-bond acceptors (Lipinski definition) is 7. The minimum Gasteiger partial charge on any atom is -0.507 e. The Morgan fingerprint density at radius 2 is 1.82 bits per heavy atom. The number of aliphatic hydroxyl groups excluding tert-OH is 2. The molecule has 40 heavy (non-hydrogen) atoms. The summed E-state index contributed by atoms with van der Waals surface area (Å²) < 4.78 is 27.3. The maximum atomic E-state index is 14.1. The average molecular weight is 558 g/mol. The second-order valence-electron chi connectivity index (χ2n) is 11.6.